The van der Waals surface area contributed by atoms with E-state index in [1.807, 2.05) is 56.0 Å². The molecule has 0 amide bonds. The number of ketones is 1. The van der Waals surface area contributed by atoms with E-state index in [0.29, 0.717) is 16.5 Å². The maximum absolute atomic E-state index is 13.3. The normalized spacial score (nSPS) is 12.4. The molecule has 7 nitrogen and oxygen atoms in total. The van der Waals surface area contributed by atoms with E-state index in [-0.39, 0.29) is 11.5 Å². The summed E-state index contributed by atoms with van der Waals surface area (Å²) in [5.74, 6) is 1.46. The molecule has 1 aromatic carbocycles. The van der Waals surface area contributed by atoms with E-state index in [2.05, 4.69) is 14.9 Å². The van der Waals surface area contributed by atoms with E-state index in [4.69, 9.17) is 4.42 Å². The molecule has 1 atom stereocenters. The predicted octanol–water partition coefficient (Wildman–Crippen LogP) is 5.76. The third-order valence-corrected chi connectivity index (χ3v) is 6.74. The number of aryl methyl sites for hydroxylation is 2. The van der Waals surface area contributed by atoms with Gasteiger partial charge in [0.05, 0.1) is 17.1 Å². The van der Waals surface area contributed by atoms with Crippen LogP contribution in [0.25, 0.3) is 17.1 Å². The van der Waals surface area contributed by atoms with Crippen molar-refractivity contribution >= 4 is 17.5 Å². The summed E-state index contributed by atoms with van der Waals surface area (Å²) in [4.78, 5) is 13.3. The van der Waals surface area contributed by atoms with Crippen LogP contribution in [0.5, 0.6) is 5.75 Å². The molecule has 10 heteroatoms. The fraction of sp³-hybridized carbons (Fsp3) is 0.292. The van der Waals surface area contributed by atoms with Crippen molar-refractivity contribution in [3.8, 4) is 22.8 Å². The first-order valence-electron chi connectivity index (χ1n) is 10.6. The van der Waals surface area contributed by atoms with Gasteiger partial charge >= 0.3 is 6.61 Å². The molecule has 4 rings (SSSR count). The Labute approximate surface area is 199 Å². The molecule has 3 aromatic heterocycles. The Morgan fingerprint density at radius 1 is 1.12 bits per heavy atom. The maximum atomic E-state index is 13.3. The van der Waals surface area contributed by atoms with Gasteiger partial charge < -0.3 is 18.3 Å². The minimum absolute atomic E-state index is 0.0361. The summed E-state index contributed by atoms with van der Waals surface area (Å²) < 4.78 is 38.4. The number of rotatable bonds is 8. The second-order valence-corrected chi connectivity index (χ2v) is 9.18. The average molecular weight is 487 g/mol. The van der Waals surface area contributed by atoms with Gasteiger partial charge in [-0.05, 0) is 64.1 Å². The summed E-state index contributed by atoms with van der Waals surface area (Å²) >= 11 is 1.34. The van der Waals surface area contributed by atoms with Gasteiger partial charge in [-0.3, -0.25) is 4.79 Å². The minimum atomic E-state index is -2.88. The van der Waals surface area contributed by atoms with Crippen molar-refractivity contribution in [2.75, 3.05) is 0 Å². The van der Waals surface area contributed by atoms with Gasteiger partial charge in [0.25, 0.3) is 0 Å². The number of thioether (sulfide) groups is 1. The van der Waals surface area contributed by atoms with Crippen molar-refractivity contribution in [3.63, 3.8) is 0 Å². The minimum Gasteiger partial charge on any atom is -0.469 e. The molecule has 0 saturated heterocycles. The molecule has 0 unspecified atom stereocenters. The third-order valence-electron chi connectivity index (χ3n) is 5.60. The van der Waals surface area contributed by atoms with E-state index in [0.717, 1.165) is 28.4 Å². The highest BCUT2D eigenvalue weighted by Gasteiger charge is 2.25. The molecule has 4 aromatic rings. The summed E-state index contributed by atoms with van der Waals surface area (Å²) in [5.41, 5.74) is 3.83. The summed E-state index contributed by atoms with van der Waals surface area (Å²) in [5, 5.41) is 8.75. The van der Waals surface area contributed by atoms with Gasteiger partial charge in [-0.1, -0.05) is 11.8 Å². The van der Waals surface area contributed by atoms with Gasteiger partial charge in [0.1, 0.15) is 11.5 Å². The molecule has 0 aliphatic carbocycles. The predicted molar refractivity (Wildman–Crippen MR) is 125 cm³/mol. The van der Waals surface area contributed by atoms with Crippen LogP contribution in [0.2, 0.25) is 0 Å². The fourth-order valence-electron chi connectivity index (χ4n) is 3.89. The first kappa shape index (κ1) is 23.7. The number of hydrogen-bond acceptors (Lipinski definition) is 6. The lowest BCUT2D eigenvalue weighted by Gasteiger charge is -2.13. The molecular weight excluding hydrogens is 462 g/mol. The number of furan rings is 1. The molecule has 0 N–H and O–H groups in total. The number of ether oxygens (including phenoxy) is 1. The summed E-state index contributed by atoms with van der Waals surface area (Å²) in [6.45, 7) is 4.58. The average Bonchev–Trinajstić information content (AvgIpc) is 3.45. The van der Waals surface area contributed by atoms with Crippen LogP contribution < -0.4 is 4.74 Å². The van der Waals surface area contributed by atoms with E-state index in [1.165, 1.54) is 23.9 Å². The lowest BCUT2D eigenvalue weighted by atomic mass is 10.1. The monoisotopic (exact) mass is 486 g/mol. The summed E-state index contributed by atoms with van der Waals surface area (Å²) in [6.07, 6.45) is 1.60. The number of benzene rings is 1. The smallest absolute Gasteiger partial charge is 0.387 e. The number of carbonyl (C=O) groups excluding carboxylic acids is 1. The summed E-state index contributed by atoms with van der Waals surface area (Å²) in [7, 11) is 1.86. The number of alkyl halides is 2. The molecule has 178 valence electrons. The van der Waals surface area contributed by atoms with Crippen LogP contribution in [0.15, 0.2) is 52.2 Å². The van der Waals surface area contributed by atoms with Crippen molar-refractivity contribution < 1.29 is 22.7 Å². The molecule has 0 radical (unpaired) electrons. The zero-order valence-corrected chi connectivity index (χ0v) is 20.2. The first-order valence-corrected chi connectivity index (χ1v) is 11.4. The highest BCUT2D eigenvalue weighted by atomic mass is 32.2. The molecule has 3 heterocycles. The van der Waals surface area contributed by atoms with E-state index < -0.39 is 11.9 Å². The van der Waals surface area contributed by atoms with E-state index in [9.17, 15) is 13.6 Å². The van der Waals surface area contributed by atoms with E-state index >= 15 is 0 Å². The number of halogens is 2. The highest BCUT2D eigenvalue weighted by molar-refractivity contribution is 8.00. The topological polar surface area (TPSA) is 75.1 Å². The zero-order chi connectivity index (χ0) is 24.6. The SMILES string of the molecule is Cc1occc1-c1nnc(S[C@H](C)C(=O)c2cc(C)n(-c3ccc(OC(F)F)cc3)c2C)n1C. The van der Waals surface area contributed by atoms with Crippen LogP contribution in [-0.2, 0) is 7.05 Å². The van der Waals surface area contributed by atoms with E-state index in [1.54, 1.807) is 18.4 Å². The molecule has 0 aliphatic heterocycles. The first-order chi connectivity index (χ1) is 16.2. The van der Waals surface area contributed by atoms with Gasteiger partial charge in [0.2, 0.25) is 0 Å². The van der Waals surface area contributed by atoms with Crippen LogP contribution >= 0.6 is 11.8 Å². The quantitative estimate of drug-likeness (QED) is 0.233. The Balaban J connectivity index is 1.55. The Bertz CT molecular complexity index is 1320. The lowest BCUT2D eigenvalue weighted by molar-refractivity contribution is -0.0498. The molecule has 0 bridgehead atoms. The van der Waals surface area contributed by atoms with Crippen LogP contribution in [0.4, 0.5) is 8.78 Å². The molecule has 34 heavy (non-hydrogen) atoms. The lowest BCUT2D eigenvalue weighted by Crippen LogP contribution is -2.15. The second kappa shape index (κ2) is 9.46. The highest BCUT2D eigenvalue weighted by Crippen LogP contribution is 2.31. The molecular formula is C24H24F2N4O3S. The number of carbonyl (C=O) groups is 1. The fourth-order valence-corrected chi connectivity index (χ4v) is 4.77. The molecule has 0 spiro atoms. The second-order valence-electron chi connectivity index (χ2n) is 7.87. The van der Waals surface area contributed by atoms with Gasteiger partial charge in [-0.25, -0.2) is 0 Å². The van der Waals surface area contributed by atoms with Crippen molar-refractivity contribution in [3.05, 3.63) is 65.4 Å². The third kappa shape index (κ3) is 4.50. The van der Waals surface area contributed by atoms with Crippen LogP contribution in [0.1, 0.15) is 34.4 Å². The molecule has 0 saturated carbocycles. The van der Waals surface area contributed by atoms with Crippen molar-refractivity contribution in [2.24, 2.45) is 7.05 Å². The van der Waals surface area contributed by atoms with Crippen LogP contribution in [0, 0.1) is 20.8 Å². The number of aromatic nitrogens is 4. The Morgan fingerprint density at radius 2 is 1.82 bits per heavy atom. The Hall–Kier alpha value is -3.40. The molecule has 0 aliphatic rings. The summed E-state index contributed by atoms with van der Waals surface area (Å²) in [6, 6.07) is 10.0. The largest absolute Gasteiger partial charge is 0.469 e. The van der Waals surface area contributed by atoms with Gasteiger partial charge in [0, 0.05) is 29.7 Å². The molecule has 0 fully saturated rings. The van der Waals surface area contributed by atoms with Crippen molar-refractivity contribution in [1.82, 2.24) is 19.3 Å². The standard InChI is InChI=1S/C24H24F2N4O3S/c1-13-12-20(14(2)30(13)17-6-8-18(9-7-17)33-23(25)26)21(31)16(4)34-24-28-27-22(29(24)5)19-10-11-32-15(19)3/h6-12,16,23H,1-5H3/t16-/m1/s1. The number of nitrogens with zero attached hydrogens (tertiary/aromatic N) is 4. The Morgan fingerprint density at radius 3 is 2.44 bits per heavy atom. The number of Topliss-reactive ketones (excluding diaryl/α,β-unsaturated/α-hetero) is 1. The van der Waals surface area contributed by atoms with Crippen LogP contribution in [-0.4, -0.2) is 37.0 Å². The van der Waals surface area contributed by atoms with Gasteiger partial charge in [-0.15, -0.1) is 10.2 Å². The van der Waals surface area contributed by atoms with Gasteiger partial charge in [-0.2, -0.15) is 8.78 Å². The van der Waals surface area contributed by atoms with Crippen LogP contribution in [0.3, 0.4) is 0 Å². The van der Waals surface area contributed by atoms with Crippen molar-refractivity contribution in [2.45, 2.75) is 44.7 Å². The van der Waals surface area contributed by atoms with Gasteiger partial charge in [0.15, 0.2) is 16.8 Å². The maximum Gasteiger partial charge on any atom is 0.387 e. The number of hydrogen-bond donors (Lipinski definition) is 0. The van der Waals surface area contributed by atoms with Crippen molar-refractivity contribution in [1.29, 1.82) is 0 Å². The Kier molecular flexibility index (Phi) is 6.60. The zero-order valence-electron chi connectivity index (χ0n) is 19.4.